The molecular weight excluding hydrogens is 414 g/mol. The quantitative estimate of drug-likeness (QED) is 0.432. The molecule has 7 nitrogen and oxygen atoms in total. The first-order valence-electron chi connectivity index (χ1n) is 9.93. The summed E-state index contributed by atoms with van der Waals surface area (Å²) in [7, 11) is 0. The Bertz CT molecular complexity index is 1350. The number of nitrogens with one attached hydrogen (secondary N) is 1. The molecule has 5 N–H and O–H groups in total. The zero-order valence-electron chi connectivity index (χ0n) is 17.5. The van der Waals surface area contributed by atoms with Crippen LogP contribution in [0.5, 0.6) is 0 Å². The average Bonchev–Trinajstić information content (AvgIpc) is 2.76. The van der Waals surface area contributed by atoms with Crippen molar-refractivity contribution in [3.63, 3.8) is 0 Å². The van der Waals surface area contributed by atoms with Crippen molar-refractivity contribution in [2.24, 2.45) is 0 Å². The van der Waals surface area contributed by atoms with Gasteiger partial charge in [-0.25, -0.2) is 18.7 Å². The molecule has 0 unspecified atom stereocenters. The van der Waals surface area contributed by atoms with E-state index in [1.807, 2.05) is 13.0 Å². The summed E-state index contributed by atoms with van der Waals surface area (Å²) >= 11 is 0. The number of halogens is 2. The summed E-state index contributed by atoms with van der Waals surface area (Å²) in [5.41, 5.74) is 12.2. The lowest BCUT2D eigenvalue weighted by molar-refractivity contribution is 0.0190. The van der Waals surface area contributed by atoms with Gasteiger partial charge in [-0.3, -0.25) is 9.36 Å². The van der Waals surface area contributed by atoms with Gasteiger partial charge in [0, 0.05) is 23.9 Å². The van der Waals surface area contributed by atoms with Crippen LogP contribution in [-0.2, 0) is 5.92 Å². The Morgan fingerprint density at radius 1 is 1.06 bits per heavy atom. The monoisotopic (exact) mass is 436 g/mol. The van der Waals surface area contributed by atoms with Crippen LogP contribution in [0.4, 0.5) is 26.1 Å². The summed E-state index contributed by atoms with van der Waals surface area (Å²) in [4.78, 5) is 21.6. The number of hydrogen-bond acceptors (Lipinski definition) is 6. The summed E-state index contributed by atoms with van der Waals surface area (Å²) in [6, 6.07) is 14.5. The highest BCUT2D eigenvalue weighted by molar-refractivity contribution is 5.86. The van der Waals surface area contributed by atoms with Gasteiger partial charge in [-0.1, -0.05) is 36.4 Å². The predicted octanol–water partition coefficient (Wildman–Crippen LogP) is 4.23. The van der Waals surface area contributed by atoms with Crippen molar-refractivity contribution in [2.45, 2.75) is 25.8 Å². The highest BCUT2D eigenvalue weighted by atomic mass is 19.3. The fourth-order valence-electron chi connectivity index (χ4n) is 3.71. The molecule has 164 valence electrons. The third-order valence-electron chi connectivity index (χ3n) is 5.27. The fraction of sp³-hybridized carbons (Fsp3) is 0.174. The Morgan fingerprint density at radius 2 is 1.78 bits per heavy atom. The molecule has 0 saturated heterocycles. The average molecular weight is 436 g/mol. The number of fused-ring (bicyclic) bond motifs is 1. The zero-order valence-corrected chi connectivity index (χ0v) is 17.5. The summed E-state index contributed by atoms with van der Waals surface area (Å²) in [5.74, 6) is -2.74. The predicted molar refractivity (Wildman–Crippen MR) is 122 cm³/mol. The van der Waals surface area contributed by atoms with Crippen LogP contribution in [0.1, 0.15) is 31.1 Å². The van der Waals surface area contributed by atoms with E-state index in [0.717, 1.165) is 6.92 Å². The van der Waals surface area contributed by atoms with Crippen LogP contribution in [0.15, 0.2) is 65.7 Å². The second-order valence-electron chi connectivity index (χ2n) is 7.59. The van der Waals surface area contributed by atoms with Crippen molar-refractivity contribution in [3.05, 3.63) is 82.5 Å². The lowest BCUT2D eigenvalue weighted by atomic mass is 9.99. The Hall–Kier alpha value is -4.01. The van der Waals surface area contributed by atoms with Crippen molar-refractivity contribution in [1.29, 1.82) is 0 Å². The SMILES string of the molecule is C[C@H](Nc1ncnc(N)c1N)c1cc2cccc(C(C)(F)F)c2c(=O)n1-c1ccccc1. The molecule has 0 fully saturated rings. The van der Waals surface area contributed by atoms with Crippen molar-refractivity contribution >= 4 is 28.1 Å². The molecular formula is C23H22F2N6O. The number of pyridine rings is 1. The minimum absolute atomic E-state index is 0.0226. The number of hydrogen-bond donors (Lipinski definition) is 3. The van der Waals surface area contributed by atoms with Crippen LogP contribution in [0.2, 0.25) is 0 Å². The minimum atomic E-state index is -3.18. The standard InChI is InChI=1S/C23H22F2N6O/c1-13(30-21-19(26)20(27)28-12-29-21)17-11-14-7-6-10-16(23(2,24)25)18(14)22(32)31(17)15-8-4-3-5-9-15/h3-13H,26H2,1-2H3,(H3,27,28,29,30)/t13-/m0/s1. The normalized spacial score (nSPS) is 12.6. The maximum absolute atomic E-state index is 14.3. The molecule has 2 aromatic carbocycles. The smallest absolute Gasteiger partial charge is 0.271 e. The molecule has 0 radical (unpaired) electrons. The molecule has 0 aliphatic carbocycles. The Morgan fingerprint density at radius 3 is 2.47 bits per heavy atom. The van der Waals surface area contributed by atoms with Gasteiger partial charge in [0.25, 0.3) is 11.5 Å². The number of para-hydroxylation sites is 1. The van der Waals surface area contributed by atoms with Crippen LogP contribution in [0.25, 0.3) is 16.5 Å². The molecule has 4 rings (SSSR count). The number of rotatable bonds is 5. The second kappa shape index (κ2) is 7.92. The van der Waals surface area contributed by atoms with Gasteiger partial charge in [-0.2, -0.15) is 0 Å². The Labute approximate surface area is 182 Å². The summed E-state index contributed by atoms with van der Waals surface area (Å²) in [6.45, 7) is 2.60. The number of nitrogens with zero attached hydrogens (tertiary/aromatic N) is 3. The van der Waals surface area contributed by atoms with E-state index in [1.54, 1.807) is 36.4 Å². The van der Waals surface area contributed by atoms with Crippen LogP contribution in [0, 0.1) is 0 Å². The van der Waals surface area contributed by atoms with Gasteiger partial charge in [0.15, 0.2) is 11.6 Å². The number of alkyl halides is 2. The van der Waals surface area contributed by atoms with E-state index in [2.05, 4.69) is 15.3 Å². The topological polar surface area (TPSA) is 112 Å². The molecule has 2 heterocycles. The highest BCUT2D eigenvalue weighted by Gasteiger charge is 2.29. The van der Waals surface area contributed by atoms with Gasteiger partial charge < -0.3 is 16.8 Å². The van der Waals surface area contributed by atoms with Crippen LogP contribution < -0.4 is 22.3 Å². The third kappa shape index (κ3) is 3.73. The fourth-order valence-corrected chi connectivity index (χ4v) is 3.71. The molecule has 0 aliphatic rings. The van der Waals surface area contributed by atoms with Gasteiger partial charge in [0.05, 0.1) is 11.4 Å². The van der Waals surface area contributed by atoms with E-state index in [0.29, 0.717) is 22.6 Å². The summed E-state index contributed by atoms with van der Waals surface area (Å²) < 4.78 is 30.1. The molecule has 0 saturated carbocycles. The van der Waals surface area contributed by atoms with E-state index >= 15 is 0 Å². The Balaban J connectivity index is 1.98. The maximum Gasteiger partial charge on any atom is 0.271 e. The van der Waals surface area contributed by atoms with Crippen LogP contribution >= 0.6 is 0 Å². The third-order valence-corrected chi connectivity index (χ3v) is 5.27. The van der Waals surface area contributed by atoms with Crippen molar-refractivity contribution in [3.8, 4) is 5.69 Å². The number of nitrogen functional groups attached to an aromatic ring is 2. The number of nitrogens with two attached hydrogens (primary N) is 2. The number of aromatic nitrogens is 3. The number of anilines is 3. The lowest BCUT2D eigenvalue weighted by Crippen LogP contribution is -2.27. The van der Waals surface area contributed by atoms with Crippen molar-refractivity contribution in [2.75, 3.05) is 16.8 Å². The van der Waals surface area contributed by atoms with Crippen LogP contribution in [0.3, 0.4) is 0 Å². The van der Waals surface area contributed by atoms with E-state index in [-0.39, 0.29) is 22.5 Å². The van der Waals surface area contributed by atoms with E-state index < -0.39 is 17.5 Å². The molecule has 2 aromatic heterocycles. The zero-order chi connectivity index (χ0) is 23.0. The van der Waals surface area contributed by atoms with Gasteiger partial charge in [0.2, 0.25) is 0 Å². The van der Waals surface area contributed by atoms with Gasteiger partial charge in [0.1, 0.15) is 12.0 Å². The van der Waals surface area contributed by atoms with Crippen molar-refractivity contribution in [1.82, 2.24) is 14.5 Å². The summed E-state index contributed by atoms with van der Waals surface area (Å²) in [5, 5.41) is 3.54. The molecule has 0 aliphatic heterocycles. The molecule has 0 bridgehead atoms. The van der Waals surface area contributed by atoms with Crippen LogP contribution in [-0.4, -0.2) is 14.5 Å². The largest absolute Gasteiger partial charge is 0.393 e. The molecule has 32 heavy (non-hydrogen) atoms. The van der Waals surface area contributed by atoms with E-state index in [9.17, 15) is 13.6 Å². The van der Waals surface area contributed by atoms with E-state index in [1.165, 1.54) is 23.0 Å². The Kier molecular flexibility index (Phi) is 5.25. The van der Waals surface area contributed by atoms with Gasteiger partial charge >= 0.3 is 0 Å². The molecule has 4 aromatic rings. The molecule has 0 amide bonds. The summed E-state index contributed by atoms with van der Waals surface area (Å²) in [6.07, 6.45) is 1.28. The van der Waals surface area contributed by atoms with Gasteiger partial charge in [-0.05, 0) is 30.5 Å². The molecule has 9 heteroatoms. The highest BCUT2D eigenvalue weighted by Crippen LogP contribution is 2.33. The molecule has 1 atom stereocenters. The molecule has 0 spiro atoms. The van der Waals surface area contributed by atoms with Gasteiger partial charge in [-0.15, -0.1) is 0 Å². The first kappa shape index (κ1) is 21.2. The second-order valence-corrected chi connectivity index (χ2v) is 7.59. The number of benzene rings is 2. The minimum Gasteiger partial charge on any atom is -0.393 e. The first-order chi connectivity index (χ1) is 15.2. The van der Waals surface area contributed by atoms with E-state index in [4.69, 9.17) is 11.5 Å². The maximum atomic E-state index is 14.3. The lowest BCUT2D eigenvalue weighted by Gasteiger charge is -2.23. The first-order valence-corrected chi connectivity index (χ1v) is 9.93. The van der Waals surface area contributed by atoms with Crippen molar-refractivity contribution < 1.29 is 8.78 Å².